The standard InChI is InChI=1S/C16H18ClNO/c1-11-6-2-3-7-12(11)16(19)14(10-18)13-8-4-5-9-15(13)17/h2-9,14,16,19H,10,18H2,1H3. The zero-order chi connectivity index (χ0) is 13.8. The maximum absolute atomic E-state index is 10.6. The van der Waals surface area contributed by atoms with E-state index in [0.717, 1.165) is 16.7 Å². The van der Waals surface area contributed by atoms with Gasteiger partial charge in [-0.05, 0) is 29.7 Å². The molecule has 0 amide bonds. The zero-order valence-electron chi connectivity index (χ0n) is 10.9. The number of aliphatic hydroxyl groups is 1. The van der Waals surface area contributed by atoms with Gasteiger partial charge in [0.15, 0.2) is 0 Å². The minimum absolute atomic E-state index is 0.199. The van der Waals surface area contributed by atoms with Crippen molar-refractivity contribution in [1.82, 2.24) is 0 Å². The van der Waals surface area contributed by atoms with Crippen LogP contribution in [0.1, 0.15) is 28.7 Å². The van der Waals surface area contributed by atoms with Crippen molar-refractivity contribution in [3.63, 3.8) is 0 Å². The molecule has 0 aromatic heterocycles. The Hall–Kier alpha value is -1.35. The van der Waals surface area contributed by atoms with E-state index in [0.29, 0.717) is 11.6 Å². The largest absolute Gasteiger partial charge is 0.388 e. The van der Waals surface area contributed by atoms with Gasteiger partial charge in [0.2, 0.25) is 0 Å². The maximum Gasteiger partial charge on any atom is 0.0873 e. The van der Waals surface area contributed by atoms with Crippen molar-refractivity contribution in [2.24, 2.45) is 5.73 Å². The predicted octanol–water partition coefficient (Wildman–Crippen LogP) is 3.42. The Labute approximate surface area is 118 Å². The van der Waals surface area contributed by atoms with Crippen LogP contribution in [-0.2, 0) is 0 Å². The van der Waals surface area contributed by atoms with Crippen LogP contribution in [0.5, 0.6) is 0 Å². The predicted molar refractivity (Wildman–Crippen MR) is 79.4 cm³/mol. The lowest BCUT2D eigenvalue weighted by molar-refractivity contribution is 0.147. The van der Waals surface area contributed by atoms with Gasteiger partial charge >= 0.3 is 0 Å². The quantitative estimate of drug-likeness (QED) is 0.898. The first-order valence-corrected chi connectivity index (χ1v) is 6.71. The van der Waals surface area contributed by atoms with Crippen LogP contribution in [0.2, 0.25) is 5.02 Å². The lowest BCUT2D eigenvalue weighted by Crippen LogP contribution is -2.21. The molecular formula is C16H18ClNO. The van der Waals surface area contributed by atoms with Gasteiger partial charge < -0.3 is 10.8 Å². The second-order valence-electron chi connectivity index (χ2n) is 4.67. The van der Waals surface area contributed by atoms with Gasteiger partial charge in [-0.25, -0.2) is 0 Å². The van der Waals surface area contributed by atoms with Crippen LogP contribution in [0, 0.1) is 6.92 Å². The summed E-state index contributed by atoms with van der Waals surface area (Å²) >= 11 is 6.20. The van der Waals surface area contributed by atoms with Gasteiger partial charge in [-0.1, -0.05) is 54.1 Å². The van der Waals surface area contributed by atoms with Gasteiger partial charge in [0, 0.05) is 17.5 Å². The summed E-state index contributed by atoms with van der Waals surface area (Å²) in [4.78, 5) is 0. The van der Waals surface area contributed by atoms with Gasteiger partial charge in [0.05, 0.1) is 6.10 Å². The third-order valence-electron chi connectivity index (χ3n) is 3.45. The lowest BCUT2D eigenvalue weighted by atomic mass is 9.87. The van der Waals surface area contributed by atoms with Crippen molar-refractivity contribution < 1.29 is 5.11 Å². The van der Waals surface area contributed by atoms with E-state index in [2.05, 4.69) is 0 Å². The molecule has 3 heteroatoms. The zero-order valence-corrected chi connectivity index (χ0v) is 11.6. The van der Waals surface area contributed by atoms with E-state index in [1.54, 1.807) is 0 Å². The molecule has 3 N–H and O–H groups in total. The van der Waals surface area contributed by atoms with Crippen LogP contribution < -0.4 is 5.73 Å². The first kappa shape index (κ1) is 14.1. The Balaban J connectivity index is 2.38. The molecule has 2 nitrogen and oxygen atoms in total. The third kappa shape index (κ3) is 2.98. The molecule has 0 aliphatic carbocycles. The number of rotatable bonds is 4. The fourth-order valence-corrected chi connectivity index (χ4v) is 2.61. The highest BCUT2D eigenvalue weighted by atomic mass is 35.5. The number of aliphatic hydroxyl groups excluding tert-OH is 1. The molecule has 0 saturated carbocycles. The summed E-state index contributed by atoms with van der Waals surface area (Å²) < 4.78 is 0. The Morgan fingerprint density at radius 2 is 1.63 bits per heavy atom. The number of aryl methyl sites for hydroxylation is 1. The van der Waals surface area contributed by atoms with Crippen LogP contribution in [0.25, 0.3) is 0 Å². The smallest absolute Gasteiger partial charge is 0.0873 e. The van der Waals surface area contributed by atoms with Crippen molar-refractivity contribution in [3.05, 3.63) is 70.2 Å². The molecule has 0 aliphatic heterocycles. The molecule has 2 atom stereocenters. The first-order chi connectivity index (χ1) is 9.15. The van der Waals surface area contributed by atoms with Crippen molar-refractivity contribution in [2.45, 2.75) is 18.9 Å². The van der Waals surface area contributed by atoms with Crippen LogP contribution >= 0.6 is 11.6 Å². The van der Waals surface area contributed by atoms with Crippen LogP contribution in [0.4, 0.5) is 0 Å². The van der Waals surface area contributed by atoms with E-state index in [9.17, 15) is 5.11 Å². The van der Waals surface area contributed by atoms with Crippen molar-refractivity contribution >= 4 is 11.6 Å². The molecular weight excluding hydrogens is 258 g/mol. The molecule has 0 saturated heterocycles. The fourth-order valence-electron chi connectivity index (χ4n) is 2.34. The number of benzene rings is 2. The van der Waals surface area contributed by atoms with Crippen molar-refractivity contribution in [2.75, 3.05) is 6.54 Å². The summed E-state index contributed by atoms with van der Waals surface area (Å²) in [6.07, 6.45) is -0.647. The number of halogens is 1. The molecule has 2 unspecified atom stereocenters. The third-order valence-corrected chi connectivity index (χ3v) is 3.79. The molecule has 2 rings (SSSR count). The molecule has 0 aliphatic rings. The molecule has 0 fully saturated rings. The average Bonchev–Trinajstić information content (AvgIpc) is 2.42. The fraction of sp³-hybridized carbons (Fsp3) is 0.250. The highest BCUT2D eigenvalue weighted by Crippen LogP contribution is 2.35. The molecule has 0 spiro atoms. The number of hydrogen-bond donors (Lipinski definition) is 2. The Morgan fingerprint density at radius 3 is 2.21 bits per heavy atom. The molecule has 0 radical (unpaired) electrons. The van der Waals surface area contributed by atoms with E-state index < -0.39 is 6.10 Å². The van der Waals surface area contributed by atoms with E-state index in [1.807, 2.05) is 55.5 Å². The second kappa shape index (κ2) is 6.20. The summed E-state index contributed by atoms with van der Waals surface area (Å²) in [5.74, 6) is -0.199. The van der Waals surface area contributed by atoms with Gasteiger partial charge in [-0.2, -0.15) is 0 Å². The van der Waals surface area contributed by atoms with Gasteiger partial charge in [0.1, 0.15) is 0 Å². The van der Waals surface area contributed by atoms with Crippen LogP contribution in [0.15, 0.2) is 48.5 Å². The van der Waals surface area contributed by atoms with Crippen molar-refractivity contribution in [3.8, 4) is 0 Å². The molecule has 100 valence electrons. The molecule has 19 heavy (non-hydrogen) atoms. The minimum Gasteiger partial charge on any atom is -0.388 e. The summed E-state index contributed by atoms with van der Waals surface area (Å²) in [6.45, 7) is 2.33. The molecule has 0 bridgehead atoms. The summed E-state index contributed by atoms with van der Waals surface area (Å²) in [5, 5.41) is 11.2. The van der Waals surface area contributed by atoms with E-state index in [-0.39, 0.29) is 5.92 Å². The van der Waals surface area contributed by atoms with Crippen LogP contribution in [0.3, 0.4) is 0 Å². The average molecular weight is 276 g/mol. The van der Waals surface area contributed by atoms with Crippen molar-refractivity contribution in [1.29, 1.82) is 0 Å². The highest BCUT2D eigenvalue weighted by molar-refractivity contribution is 6.31. The topological polar surface area (TPSA) is 46.2 Å². The summed E-state index contributed by atoms with van der Waals surface area (Å²) in [6, 6.07) is 15.3. The SMILES string of the molecule is Cc1ccccc1C(O)C(CN)c1ccccc1Cl. The number of nitrogens with two attached hydrogens (primary N) is 1. The summed E-state index contributed by atoms with van der Waals surface area (Å²) in [5.41, 5.74) is 8.69. The molecule has 2 aromatic rings. The second-order valence-corrected chi connectivity index (χ2v) is 5.07. The Kier molecular flexibility index (Phi) is 4.59. The lowest BCUT2D eigenvalue weighted by Gasteiger charge is -2.24. The normalized spacial score (nSPS) is 14.1. The maximum atomic E-state index is 10.6. The van der Waals surface area contributed by atoms with Crippen LogP contribution in [-0.4, -0.2) is 11.7 Å². The van der Waals surface area contributed by atoms with Gasteiger partial charge in [0.25, 0.3) is 0 Å². The Morgan fingerprint density at radius 1 is 1.05 bits per heavy atom. The summed E-state index contributed by atoms with van der Waals surface area (Å²) in [7, 11) is 0. The first-order valence-electron chi connectivity index (χ1n) is 6.33. The number of hydrogen-bond acceptors (Lipinski definition) is 2. The molecule has 0 heterocycles. The van der Waals surface area contributed by atoms with Gasteiger partial charge in [-0.3, -0.25) is 0 Å². The minimum atomic E-state index is -0.647. The van der Waals surface area contributed by atoms with Gasteiger partial charge in [-0.15, -0.1) is 0 Å². The van der Waals surface area contributed by atoms with E-state index >= 15 is 0 Å². The molecule has 2 aromatic carbocycles. The van der Waals surface area contributed by atoms with E-state index in [1.165, 1.54) is 0 Å². The Bertz CT molecular complexity index is 556. The monoisotopic (exact) mass is 275 g/mol. The highest BCUT2D eigenvalue weighted by Gasteiger charge is 2.24. The van der Waals surface area contributed by atoms with E-state index in [4.69, 9.17) is 17.3 Å².